The topological polar surface area (TPSA) is 50.9 Å². The van der Waals surface area contributed by atoms with E-state index in [1.165, 1.54) is 0 Å². The van der Waals surface area contributed by atoms with Gasteiger partial charge in [0.2, 0.25) is 0 Å². The van der Waals surface area contributed by atoms with Gasteiger partial charge >= 0.3 is 0 Å². The van der Waals surface area contributed by atoms with Crippen LogP contribution in [0.15, 0.2) is 28.9 Å². The zero-order valence-electron chi connectivity index (χ0n) is 8.89. The molecule has 0 spiro atoms. The predicted octanol–water partition coefficient (Wildman–Crippen LogP) is 2.01. The van der Waals surface area contributed by atoms with Crippen LogP contribution < -0.4 is 0 Å². The summed E-state index contributed by atoms with van der Waals surface area (Å²) in [4.78, 5) is 4.26. The second-order valence-electron chi connectivity index (χ2n) is 3.41. The number of pyridine rings is 1. The number of aliphatic hydroxyl groups is 1. The van der Waals surface area contributed by atoms with Gasteiger partial charge in [-0.2, -0.15) is 5.10 Å². The van der Waals surface area contributed by atoms with Crippen LogP contribution in [-0.2, 0) is 6.54 Å². The van der Waals surface area contributed by atoms with Crippen molar-refractivity contribution in [3.05, 3.63) is 34.6 Å². The van der Waals surface area contributed by atoms with Crippen LogP contribution in [0.4, 0.5) is 0 Å². The molecule has 0 bridgehead atoms. The standard InChI is InChI=1S/C11H12BrN3O/c1-8-10(12)11(14-15(8)6-7-16)9-4-2-3-5-13-9/h2-5,16H,6-7H2,1H3. The highest BCUT2D eigenvalue weighted by Crippen LogP contribution is 2.28. The van der Waals surface area contributed by atoms with Gasteiger partial charge in [0.1, 0.15) is 5.69 Å². The van der Waals surface area contributed by atoms with Crippen molar-refractivity contribution in [1.82, 2.24) is 14.8 Å². The monoisotopic (exact) mass is 281 g/mol. The minimum absolute atomic E-state index is 0.0800. The van der Waals surface area contributed by atoms with E-state index in [-0.39, 0.29) is 6.61 Å². The van der Waals surface area contributed by atoms with E-state index in [1.54, 1.807) is 10.9 Å². The number of nitrogens with zero attached hydrogens (tertiary/aromatic N) is 3. The van der Waals surface area contributed by atoms with Gasteiger partial charge in [-0.15, -0.1) is 0 Å². The van der Waals surface area contributed by atoms with Gasteiger partial charge in [0.05, 0.1) is 29.0 Å². The lowest BCUT2D eigenvalue weighted by Crippen LogP contribution is -2.05. The molecule has 0 atom stereocenters. The summed E-state index contributed by atoms with van der Waals surface area (Å²) in [7, 11) is 0. The summed E-state index contributed by atoms with van der Waals surface area (Å²) in [5, 5.41) is 13.3. The van der Waals surface area contributed by atoms with E-state index < -0.39 is 0 Å². The first kappa shape index (κ1) is 11.3. The van der Waals surface area contributed by atoms with Crippen molar-refractivity contribution in [1.29, 1.82) is 0 Å². The molecule has 0 fully saturated rings. The van der Waals surface area contributed by atoms with E-state index in [4.69, 9.17) is 5.11 Å². The molecule has 0 radical (unpaired) electrons. The molecule has 2 heterocycles. The van der Waals surface area contributed by atoms with Gasteiger partial charge < -0.3 is 5.11 Å². The Bertz CT molecular complexity index is 481. The Morgan fingerprint density at radius 2 is 2.25 bits per heavy atom. The quantitative estimate of drug-likeness (QED) is 0.936. The largest absolute Gasteiger partial charge is 0.394 e. The van der Waals surface area contributed by atoms with Crippen LogP contribution >= 0.6 is 15.9 Å². The third-order valence-corrected chi connectivity index (χ3v) is 3.30. The van der Waals surface area contributed by atoms with E-state index in [9.17, 15) is 0 Å². The van der Waals surface area contributed by atoms with Crippen molar-refractivity contribution in [2.45, 2.75) is 13.5 Å². The first-order chi connectivity index (χ1) is 7.74. The van der Waals surface area contributed by atoms with Crippen molar-refractivity contribution in [3.63, 3.8) is 0 Å². The Morgan fingerprint density at radius 3 is 2.88 bits per heavy atom. The Morgan fingerprint density at radius 1 is 1.44 bits per heavy atom. The molecular weight excluding hydrogens is 270 g/mol. The molecule has 5 heteroatoms. The molecule has 2 rings (SSSR count). The van der Waals surface area contributed by atoms with E-state index in [0.717, 1.165) is 21.6 Å². The van der Waals surface area contributed by atoms with Gasteiger partial charge in [0.25, 0.3) is 0 Å². The van der Waals surface area contributed by atoms with Crippen LogP contribution in [0.5, 0.6) is 0 Å². The molecule has 0 aromatic carbocycles. The van der Waals surface area contributed by atoms with E-state index in [1.807, 2.05) is 25.1 Å². The van der Waals surface area contributed by atoms with Crippen molar-refractivity contribution in [2.75, 3.05) is 6.61 Å². The van der Waals surface area contributed by atoms with Gasteiger partial charge in [-0.05, 0) is 35.0 Å². The molecule has 0 saturated heterocycles. The number of hydrogen-bond donors (Lipinski definition) is 1. The van der Waals surface area contributed by atoms with E-state index in [0.29, 0.717) is 6.54 Å². The number of aromatic nitrogens is 3. The van der Waals surface area contributed by atoms with Crippen LogP contribution in [0.3, 0.4) is 0 Å². The lowest BCUT2D eigenvalue weighted by atomic mass is 10.2. The molecule has 0 unspecified atom stereocenters. The summed E-state index contributed by atoms with van der Waals surface area (Å²) in [5.41, 5.74) is 2.63. The van der Waals surface area contributed by atoms with E-state index in [2.05, 4.69) is 26.0 Å². The minimum atomic E-state index is 0.0800. The maximum absolute atomic E-state index is 8.92. The molecule has 0 saturated carbocycles. The van der Waals surface area contributed by atoms with E-state index >= 15 is 0 Å². The summed E-state index contributed by atoms with van der Waals surface area (Å²) in [6.07, 6.45) is 1.74. The Kier molecular flexibility index (Phi) is 3.36. The molecule has 0 amide bonds. The van der Waals surface area contributed by atoms with Gasteiger partial charge in [0, 0.05) is 6.20 Å². The molecule has 0 aliphatic heterocycles. The Labute approximate surface area is 102 Å². The normalized spacial score (nSPS) is 10.7. The Balaban J connectivity index is 2.46. The number of hydrogen-bond acceptors (Lipinski definition) is 3. The SMILES string of the molecule is Cc1c(Br)c(-c2ccccn2)nn1CCO. The fourth-order valence-electron chi connectivity index (χ4n) is 1.50. The molecule has 2 aromatic heterocycles. The van der Waals surface area contributed by atoms with Crippen LogP contribution in [0, 0.1) is 6.92 Å². The maximum atomic E-state index is 8.92. The Hall–Kier alpha value is -1.20. The number of aliphatic hydroxyl groups excluding tert-OH is 1. The van der Waals surface area contributed by atoms with Crippen LogP contribution in [-0.4, -0.2) is 26.5 Å². The number of halogens is 1. The summed E-state index contributed by atoms with van der Waals surface area (Å²) in [6.45, 7) is 2.53. The molecule has 0 aliphatic rings. The van der Waals surface area contributed by atoms with Crippen LogP contribution in [0.25, 0.3) is 11.4 Å². The average molecular weight is 282 g/mol. The highest BCUT2D eigenvalue weighted by molar-refractivity contribution is 9.10. The van der Waals surface area contributed by atoms with Crippen LogP contribution in [0.1, 0.15) is 5.69 Å². The molecular formula is C11H12BrN3O. The summed E-state index contributed by atoms with van der Waals surface area (Å²) < 4.78 is 2.70. The predicted molar refractivity (Wildman–Crippen MR) is 65.0 cm³/mol. The maximum Gasteiger partial charge on any atom is 0.125 e. The van der Waals surface area contributed by atoms with Crippen molar-refractivity contribution in [3.8, 4) is 11.4 Å². The van der Waals surface area contributed by atoms with Crippen LogP contribution in [0.2, 0.25) is 0 Å². The highest BCUT2D eigenvalue weighted by atomic mass is 79.9. The van der Waals surface area contributed by atoms with Gasteiger partial charge in [-0.3, -0.25) is 9.67 Å². The van der Waals surface area contributed by atoms with Crippen molar-refractivity contribution < 1.29 is 5.11 Å². The van der Waals surface area contributed by atoms with Gasteiger partial charge in [-0.1, -0.05) is 6.07 Å². The third-order valence-electron chi connectivity index (χ3n) is 2.35. The second kappa shape index (κ2) is 4.76. The minimum Gasteiger partial charge on any atom is -0.394 e. The molecule has 0 aliphatic carbocycles. The van der Waals surface area contributed by atoms with Gasteiger partial charge in [-0.25, -0.2) is 0 Å². The second-order valence-corrected chi connectivity index (χ2v) is 4.20. The fraction of sp³-hybridized carbons (Fsp3) is 0.273. The van der Waals surface area contributed by atoms with Crippen molar-refractivity contribution in [2.24, 2.45) is 0 Å². The number of rotatable bonds is 3. The first-order valence-corrected chi connectivity index (χ1v) is 5.78. The van der Waals surface area contributed by atoms with Gasteiger partial charge in [0.15, 0.2) is 0 Å². The lowest BCUT2D eigenvalue weighted by Gasteiger charge is -1.99. The zero-order chi connectivity index (χ0) is 11.5. The molecule has 16 heavy (non-hydrogen) atoms. The molecule has 4 nitrogen and oxygen atoms in total. The molecule has 2 aromatic rings. The lowest BCUT2D eigenvalue weighted by molar-refractivity contribution is 0.268. The molecule has 84 valence electrons. The zero-order valence-corrected chi connectivity index (χ0v) is 10.5. The highest BCUT2D eigenvalue weighted by Gasteiger charge is 2.14. The fourth-order valence-corrected chi connectivity index (χ4v) is 1.99. The first-order valence-electron chi connectivity index (χ1n) is 4.99. The third kappa shape index (κ3) is 2.01. The smallest absolute Gasteiger partial charge is 0.125 e. The summed E-state index contributed by atoms with van der Waals surface area (Å²) in [6, 6.07) is 5.71. The van der Waals surface area contributed by atoms with Crippen molar-refractivity contribution >= 4 is 15.9 Å². The molecule has 1 N–H and O–H groups in total. The summed E-state index contributed by atoms with van der Waals surface area (Å²) >= 11 is 3.50. The summed E-state index contributed by atoms with van der Waals surface area (Å²) in [5.74, 6) is 0. The average Bonchev–Trinajstić information content (AvgIpc) is 2.59.